The van der Waals surface area contributed by atoms with Gasteiger partial charge in [0.25, 0.3) is 0 Å². The van der Waals surface area contributed by atoms with Gasteiger partial charge in [0.15, 0.2) is 0 Å². The average Bonchev–Trinajstić information content (AvgIpc) is 2.72. The van der Waals surface area contributed by atoms with Gasteiger partial charge in [0.2, 0.25) is 0 Å². The molecule has 0 bridgehead atoms. The van der Waals surface area contributed by atoms with Crippen LogP contribution >= 0.6 is 0 Å². The van der Waals surface area contributed by atoms with Gasteiger partial charge < -0.3 is 0 Å². The van der Waals surface area contributed by atoms with Gasteiger partial charge in [-0.15, -0.1) is 0 Å². The summed E-state index contributed by atoms with van der Waals surface area (Å²) < 4.78 is 0. The number of benzene rings is 1. The zero-order chi connectivity index (χ0) is 10.3. The van der Waals surface area contributed by atoms with E-state index in [0.29, 0.717) is 6.61 Å². The van der Waals surface area contributed by atoms with Gasteiger partial charge in [-0.1, -0.05) is 24.3 Å². The Morgan fingerprint density at radius 1 is 1.40 bits per heavy atom. The van der Waals surface area contributed by atoms with Crippen LogP contribution in [0.4, 0.5) is 0 Å². The van der Waals surface area contributed by atoms with Crippen molar-refractivity contribution in [1.29, 1.82) is 5.26 Å². The third-order valence-corrected chi connectivity index (χ3v) is 3.25. The van der Waals surface area contributed by atoms with Crippen molar-refractivity contribution < 1.29 is 4.84 Å². The summed E-state index contributed by atoms with van der Waals surface area (Å²) in [6.45, 7) is 1.44. The van der Waals surface area contributed by atoms with Gasteiger partial charge in [-0.3, -0.25) is 4.84 Å². The lowest BCUT2D eigenvalue weighted by Gasteiger charge is -2.30. The molecule has 1 aromatic rings. The number of hydrogen-bond donors (Lipinski definition) is 0. The Bertz CT molecular complexity index is 424. The largest absolute Gasteiger partial charge is 0.297 e. The number of rotatable bonds is 0. The Hall–Kier alpha value is -1.37. The number of nitrogens with zero attached hydrogens (tertiary/aromatic N) is 2. The van der Waals surface area contributed by atoms with Crippen LogP contribution in [-0.2, 0) is 11.3 Å². The minimum atomic E-state index is -0.0218. The fourth-order valence-electron chi connectivity index (χ4n) is 2.51. The molecular formula is C12H12N2O. The molecule has 2 aliphatic rings. The smallest absolute Gasteiger partial charge is 0.0936 e. The van der Waals surface area contributed by atoms with Gasteiger partial charge in [0.1, 0.15) is 0 Å². The Balaban J connectivity index is 2.07. The minimum absolute atomic E-state index is 0.0218. The molecule has 3 nitrogen and oxygen atoms in total. The van der Waals surface area contributed by atoms with E-state index in [9.17, 15) is 0 Å². The van der Waals surface area contributed by atoms with Crippen molar-refractivity contribution in [1.82, 2.24) is 5.06 Å². The van der Waals surface area contributed by atoms with Gasteiger partial charge in [-0.25, -0.2) is 0 Å². The number of nitriles is 1. The highest BCUT2D eigenvalue weighted by Gasteiger charge is 2.40. The van der Waals surface area contributed by atoms with E-state index in [1.54, 1.807) is 0 Å². The van der Waals surface area contributed by atoms with E-state index in [2.05, 4.69) is 24.3 Å². The second-order valence-corrected chi connectivity index (χ2v) is 4.07. The lowest BCUT2D eigenvalue weighted by atomic mass is 9.88. The van der Waals surface area contributed by atoms with Gasteiger partial charge in [0.05, 0.1) is 24.6 Å². The summed E-state index contributed by atoms with van der Waals surface area (Å²) >= 11 is 0. The maximum atomic E-state index is 9.07. The van der Waals surface area contributed by atoms with Crippen LogP contribution in [0.2, 0.25) is 0 Å². The summed E-state index contributed by atoms with van der Waals surface area (Å²) in [5.41, 5.74) is 2.64. The molecule has 0 saturated carbocycles. The lowest BCUT2D eigenvalue weighted by molar-refractivity contribution is -0.136. The Labute approximate surface area is 88.8 Å². The second kappa shape index (κ2) is 3.34. The molecule has 76 valence electrons. The van der Waals surface area contributed by atoms with Crippen molar-refractivity contribution >= 4 is 0 Å². The van der Waals surface area contributed by atoms with E-state index >= 15 is 0 Å². The zero-order valence-corrected chi connectivity index (χ0v) is 8.39. The molecule has 0 N–H and O–H groups in total. The molecule has 2 heterocycles. The van der Waals surface area contributed by atoms with E-state index in [0.717, 1.165) is 13.0 Å². The predicted octanol–water partition coefficient (Wildman–Crippen LogP) is 1.67. The summed E-state index contributed by atoms with van der Waals surface area (Å²) in [5, 5.41) is 11.0. The van der Waals surface area contributed by atoms with Crippen molar-refractivity contribution in [2.45, 2.75) is 12.5 Å². The van der Waals surface area contributed by atoms with Gasteiger partial charge >= 0.3 is 0 Å². The van der Waals surface area contributed by atoms with Crippen LogP contribution in [0.3, 0.4) is 0 Å². The molecule has 0 spiro atoms. The zero-order valence-electron chi connectivity index (χ0n) is 8.39. The van der Waals surface area contributed by atoms with Crippen molar-refractivity contribution in [3.63, 3.8) is 0 Å². The Kier molecular flexibility index (Phi) is 1.98. The Morgan fingerprint density at radius 2 is 2.27 bits per heavy atom. The molecule has 1 fully saturated rings. The first-order chi connectivity index (χ1) is 7.40. The van der Waals surface area contributed by atoms with Crippen molar-refractivity contribution in [3.8, 4) is 6.07 Å². The van der Waals surface area contributed by atoms with Crippen LogP contribution in [0.15, 0.2) is 24.3 Å². The molecule has 0 unspecified atom stereocenters. The number of hydroxylamine groups is 2. The van der Waals surface area contributed by atoms with E-state index in [4.69, 9.17) is 10.1 Å². The fraction of sp³-hybridized carbons (Fsp3) is 0.417. The predicted molar refractivity (Wildman–Crippen MR) is 54.6 cm³/mol. The second-order valence-electron chi connectivity index (χ2n) is 4.07. The molecule has 2 atom stereocenters. The van der Waals surface area contributed by atoms with Crippen LogP contribution in [0.25, 0.3) is 0 Å². The average molecular weight is 200 g/mol. The summed E-state index contributed by atoms with van der Waals surface area (Å²) in [7, 11) is 0. The van der Waals surface area contributed by atoms with E-state index in [1.807, 2.05) is 11.1 Å². The summed E-state index contributed by atoms with van der Waals surface area (Å²) in [4.78, 5) is 5.53. The topological polar surface area (TPSA) is 36.3 Å². The standard InChI is InChI=1S/C12H12N2O/c13-7-10-8-15-14-6-5-9-3-1-2-4-11(9)12(10)14/h1-4,10,12H,5-6,8H2/t10-,12+/m0/s1. The summed E-state index contributed by atoms with van der Waals surface area (Å²) in [5.74, 6) is -0.0218. The van der Waals surface area contributed by atoms with Gasteiger partial charge in [-0.2, -0.15) is 10.3 Å². The fourth-order valence-corrected chi connectivity index (χ4v) is 2.51. The highest BCUT2D eigenvalue weighted by atomic mass is 16.7. The minimum Gasteiger partial charge on any atom is -0.297 e. The molecule has 1 aromatic carbocycles. The highest BCUT2D eigenvalue weighted by Crippen LogP contribution is 2.39. The van der Waals surface area contributed by atoms with Gasteiger partial charge in [0, 0.05) is 6.54 Å². The van der Waals surface area contributed by atoms with E-state index in [-0.39, 0.29) is 12.0 Å². The van der Waals surface area contributed by atoms with Crippen LogP contribution < -0.4 is 0 Å². The maximum absolute atomic E-state index is 9.07. The number of fused-ring (bicyclic) bond motifs is 3. The molecule has 1 saturated heterocycles. The van der Waals surface area contributed by atoms with Crippen LogP contribution in [0, 0.1) is 17.2 Å². The molecule has 15 heavy (non-hydrogen) atoms. The van der Waals surface area contributed by atoms with Crippen molar-refractivity contribution in [2.24, 2.45) is 5.92 Å². The lowest BCUT2D eigenvalue weighted by Crippen LogP contribution is -2.31. The first-order valence-electron chi connectivity index (χ1n) is 5.27. The molecule has 3 rings (SSSR count). The summed E-state index contributed by atoms with van der Waals surface area (Å²) in [6.07, 6.45) is 1.02. The van der Waals surface area contributed by atoms with Gasteiger partial charge in [-0.05, 0) is 17.5 Å². The molecule has 0 amide bonds. The first kappa shape index (κ1) is 8.90. The molecule has 0 aromatic heterocycles. The highest BCUT2D eigenvalue weighted by molar-refractivity contribution is 5.34. The molecular weight excluding hydrogens is 188 g/mol. The van der Waals surface area contributed by atoms with E-state index in [1.165, 1.54) is 11.1 Å². The van der Waals surface area contributed by atoms with E-state index < -0.39 is 0 Å². The SMILES string of the molecule is N#C[C@H]1CON2CCc3ccccc3[C@@H]12. The quantitative estimate of drug-likeness (QED) is 0.639. The summed E-state index contributed by atoms with van der Waals surface area (Å²) in [6, 6.07) is 10.9. The molecule has 0 aliphatic carbocycles. The number of hydrogen-bond acceptors (Lipinski definition) is 3. The molecule has 2 aliphatic heterocycles. The normalized spacial score (nSPS) is 29.3. The van der Waals surface area contributed by atoms with Crippen LogP contribution in [-0.4, -0.2) is 18.2 Å². The molecule has 0 radical (unpaired) electrons. The molecule has 3 heteroatoms. The van der Waals surface area contributed by atoms with Crippen molar-refractivity contribution in [2.75, 3.05) is 13.2 Å². The monoisotopic (exact) mass is 200 g/mol. The maximum Gasteiger partial charge on any atom is 0.0936 e. The third kappa shape index (κ3) is 1.26. The van der Waals surface area contributed by atoms with Crippen LogP contribution in [0.5, 0.6) is 0 Å². The third-order valence-electron chi connectivity index (χ3n) is 3.25. The van der Waals surface area contributed by atoms with Crippen molar-refractivity contribution in [3.05, 3.63) is 35.4 Å². The Morgan fingerprint density at radius 3 is 3.13 bits per heavy atom. The first-order valence-corrected chi connectivity index (χ1v) is 5.27. The van der Waals surface area contributed by atoms with Crippen LogP contribution in [0.1, 0.15) is 17.2 Å².